The Kier molecular flexibility index (Phi) is 16.4. The Labute approximate surface area is 431 Å². The fraction of sp³-hybridized carbons (Fsp3) is 0.200. The predicted molar refractivity (Wildman–Crippen MR) is 238 cm³/mol. The third-order valence-electron chi connectivity index (χ3n) is 12.0. The second kappa shape index (κ2) is 21.1. The molecule has 78 heavy (non-hydrogen) atoms. The van der Waals surface area contributed by atoms with Gasteiger partial charge >= 0.3 is 49.4 Å². The summed E-state index contributed by atoms with van der Waals surface area (Å²) in [7, 11) is 0. The van der Waals surface area contributed by atoms with Crippen molar-refractivity contribution in [3.05, 3.63) is 195 Å². The number of Topliss-reactive ketones (excluding diaryl/α,β-unsaturated/α-hetero) is 1. The van der Waals surface area contributed by atoms with Crippen molar-refractivity contribution in [3.63, 3.8) is 0 Å². The number of ketones is 1. The molecule has 1 heterocycles. The SMILES string of the molecule is FC(F)(F)c1cc([B-](c2cc(C(F)(F)F)cc(C(F)(F)F)c2)(c2cc(C(F)(F)F)cc(C(F)(F)F)c2)c2cc(C(F)(F)F)cc(C(F)(F)F)c2)cc(C(F)(F)F)c1.O=C(CBr)c1ccc2ccccc2[n+]1Cc1ccccc1. The Morgan fingerprint density at radius 1 is 0.359 bits per heavy atom. The molecule has 0 N–H and O–H groups in total. The van der Waals surface area contributed by atoms with Crippen LogP contribution < -0.4 is 26.4 Å². The van der Waals surface area contributed by atoms with E-state index in [0.717, 1.165) is 16.6 Å². The number of fused-ring (bicyclic) bond motifs is 1. The molecule has 0 fully saturated rings. The molecule has 0 radical (unpaired) electrons. The Bertz CT molecular complexity index is 2890. The zero-order valence-electron chi connectivity index (χ0n) is 38.1. The van der Waals surface area contributed by atoms with Crippen LogP contribution in [0.1, 0.15) is 60.6 Å². The minimum Gasteiger partial charge on any atom is -0.286 e. The number of aromatic nitrogens is 1. The third-order valence-corrected chi connectivity index (χ3v) is 12.5. The molecule has 0 saturated carbocycles. The molecule has 2 nitrogen and oxygen atoms in total. The zero-order chi connectivity index (χ0) is 58.6. The van der Waals surface area contributed by atoms with E-state index in [1.54, 1.807) is 0 Å². The van der Waals surface area contributed by atoms with Gasteiger partial charge in [0.1, 0.15) is 6.15 Å². The van der Waals surface area contributed by atoms with E-state index in [2.05, 4.69) is 44.8 Å². The molecule has 0 saturated heterocycles. The first-order valence-electron chi connectivity index (χ1n) is 21.5. The van der Waals surface area contributed by atoms with Gasteiger partial charge in [-0.15, -0.1) is 0 Å². The second-order valence-corrected chi connectivity index (χ2v) is 17.7. The lowest BCUT2D eigenvalue weighted by molar-refractivity contribution is -0.664. The lowest BCUT2D eigenvalue weighted by atomic mass is 9.12. The van der Waals surface area contributed by atoms with E-state index in [1.165, 1.54) is 5.56 Å². The van der Waals surface area contributed by atoms with Crippen LogP contribution in [0.4, 0.5) is 105 Å². The minimum atomic E-state index is -6.13. The molecule has 0 bridgehead atoms. The van der Waals surface area contributed by atoms with Crippen molar-refractivity contribution in [2.24, 2.45) is 0 Å². The fourth-order valence-electron chi connectivity index (χ4n) is 8.58. The Hall–Kier alpha value is -6.74. The normalized spacial score (nSPS) is 13.3. The number of benzene rings is 6. The van der Waals surface area contributed by atoms with Crippen LogP contribution in [0.3, 0.4) is 0 Å². The summed E-state index contributed by atoms with van der Waals surface area (Å²) in [6, 6.07) is 13.5. The van der Waals surface area contributed by atoms with Crippen LogP contribution in [0.5, 0.6) is 0 Å². The van der Waals surface area contributed by atoms with Gasteiger partial charge in [0.05, 0.1) is 49.8 Å². The number of carbonyl (C=O) groups is 1. The van der Waals surface area contributed by atoms with Crippen molar-refractivity contribution in [2.75, 3.05) is 5.33 Å². The van der Waals surface area contributed by atoms with Crippen LogP contribution in [0.15, 0.2) is 140 Å². The van der Waals surface area contributed by atoms with Gasteiger partial charge in [-0.3, -0.25) is 4.79 Å². The molecule has 416 valence electrons. The van der Waals surface area contributed by atoms with Gasteiger partial charge in [-0.05, 0) is 36.4 Å². The molecule has 1 aromatic heterocycles. The van der Waals surface area contributed by atoms with Crippen LogP contribution in [-0.2, 0) is 56.0 Å². The quantitative estimate of drug-likeness (QED) is 0.0488. The molecule has 7 rings (SSSR count). The zero-order valence-corrected chi connectivity index (χ0v) is 39.7. The molecular weight excluding hydrogens is 1180 g/mol. The Morgan fingerprint density at radius 3 is 0.897 bits per heavy atom. The first-order chi connectivity index (χ1) is 35.6. The average molecular weight is 1200 g/mol. The van der Waals surface area contributed by atoms with Gasteiger partial charge in [-0.25, -0.2) is 0 Å². The summed E-state index contributed by atoms with van der Waals surface area (Å²) in [6.45, 7) is 0.691. The molecule has 6 aromatic carbocycles. The molecule has 28 heteroatoms. The summed E-state index contributed by atoms with van der Waals surface area (Å²) in [5.74, 6) is 0.0942. The number of hydrogen-bond donors (Lipinski definition) is 0. The van der Waals surface area contributed by atoms with Gasteiger partial charge in [0, 0.05) is 23.1 Å². The molecule has 0 unspecified atom stereocenters. The van der Waals surface area contributed by atoms with Gasteiger partial charge in [0.2, 0.25) is 17.0 Å². The number of nitrogens with zero attached hydrogens (tertiary/aromatic N) is 1. The van der Waals surface area contributed by atoms with Gasteiger partial charge in [-0.1, -0.05) is 107 Å². The fourth-order valence-corrected chi connectivity index (χ4v) is 8.87. The second-order valence-electron chi connectivity index (χ2n) is 17.1. The minimum absolute atomic E-state index is 0.0942. The van der Waals surface area contributed by atoms with Crippen LogP contribution in [-0.4, -0.2) is 17.3 Å². The van der Waals surface area contributed by atoms with E-state index < -0.39 is 195 Å². The van der Waals surface area contributed by atoms with Crippen molar-refractivity contribution in [1.29, 1.82) is 0 Å². The van der Waals surface area contributed by atoms with E-state index in [4.69, 9.17) is 0 Å². The maximum Gasteiger partial charge on any atom is 0.416 e. The smallest absolute Gasteiger partial charge is 0.286 e. The van der Waals surface area contributed by atoms with Crippen molar-refractivity contribution in [3.8, 4) is 0 Å². The van der Waals surface area contributed by atoms with Gasteiger partial charge in [0.25, 0.3) is 0 Å². The van der Waals surface area contributed by atoms with E-state index in [9.17, 15) is 110 Å². The molecule has 0 spiro atoms. The molecule has 0 atom stereocenters. The number of pyridine rings is 1. The number of para-hydroxylation sites is 1. The van der Waals surface area contributed by atoms with E-state index >= 15 is 0 Å². The molecule has 0 aliphatic rings. The largest absolute Gasteiger partial charge is 0.416 e. The van der Waals surface area contributed by atoms with Crippen LogP contribution >= 0.6 is 15.9 Å². The molecule has 0 aliphatic carbocycles. The Balaban J connectivity index is 0.000000387. The van der Waals surface area contributed by atoms with Gasteiger partial charge in [-0.2, -0.15) is 132 Å². The highest BCUT2D eigenvalue weighted by Crippen LogP contribution is 2.41. The maximum absolute atomic E-state index is 14.2. The van der Waals surface area contributed by atoms with Crippen LogP contribution in [0.2, 0.25) is 0 Å². The highest BCUT2D eigenvalue weighted by atomic mass is 79.9. The molecule has 0 aliphatic heterocycles. The van der Waals surface area contributed by atoms with Gasteiger partial charge < -0.3 is 0 Å². The van der Waals surface area contributed by atoms with Gasteiger partial charge in [0.15, 0.2) is 6.54 Å². The lowest BCUT2D eigenvalue weighted by Crippen LogP contribution is -2.75. The van der Waals surface area contributed by atoms with Crippen molar-refractivity contribution >= 4 is 60.6 Å². The lowest BCUT2D eigenvalue weighted by Gasteiger charge is -2.46. The standard InChI is InChI=1S/C32H12BF24.C18H15BrNO/c34-25(35,36)13-1-14(26(37,38)39)6-21(5-13)33(22-7-15(27(40,41)42)2-16(8-22)28(43,44)45,23-9-17(29(46,47)48)3-18(10-23)30(49,50)51)24-11-19(31(52,53)54)4-20(12-24)32(55,56)57;19-12-18(21)17-11-10-15-8-4-5-9-16(15)20(17)13-14-6-2-1-3-7-14/h1-12H;1-11H,12-13H2/q-1;+1. The number of carbonyl (C=O) groups excluding carboxylic acids is 1. The summed E-state index contributed by atoms with van der Waals surface area (Å²) in [5, 5.41) is 1.47. The highest BCUT2D eigenvalue weighted by Gasteiger charge is 2.47. The Morgan fingerprint density at radius 2 is 0.628 bits per heavy atom. The van der Waals surface area contributed by atoms with E-state index in [0.29, 0.717) is 11.9 Å². The number of rotatable bonds is 8. The topological polar surface area (TPSA) is 20.9 Å². The number of halogens is 25. The van der Waals surface area contributed by atoms with Crippen LogP contribution in [0, 0.1) is 0 Å². The predicted octanol–water partition coefficient (Wildman–Crippen LogP) is 15.0. The monoisotopic (exact) mass is 1200 g/mol. The summed E-state index contributed by atoms with van der Waals surface area (Å²) >= 11 is 3.27. The van der Waals surface area contributed by atoms with E-state index in [1.807, 2.05) is 42.5 Å². The molecule has 7 aromatic rings. The first-order valence-corrected chi connectivity index (χ1v) is 22.6. The highest BCUT2D eigenvalue weighted by molar-refractivity contribution is 9.09. The molecular formula is C50H27BBrF24NO. The number of alkyl halides is 25. The summed E-state index contributed by atoms with van der Waals surface area (Å²) in [4.78, 5) is 12.2. The van der Waals surface area contributed by atoms with Crippen LogP contribution in [0.25, 0.3) is 10.9 Å². The average Bonchev–Trinajstić information content (AvgIpc) is 3.32. The third kappa shape index (κ3) is 13.4. The van der Waals surface area contributed by atoms with Crippen molar-refractivity contribution in [2.45, 2.75) is 56.0 Å². The van der Waals surface area contributed by atoms with Crippen molar-refractivity contribution < 1.29 is 115 Å². The van der Waals surface area contributed by atoms with E-state index in [-0.39, 0.29) is 5.78 Å². The number of hydrogen-bond acceptors (Lipinski definition) is 1. The summed E-state index contributed by atoms with van der Waals surface area (Å²) in [6.07, 6.45) is -54.8. The molecule has 0 amide bonds. The maximum atomic E-state index is 14.2. The van der Waals surface area contributed by atoms with Crippen molar-refractivity contribution in [1.82, 2.24) is 0 Å². The summed E-state index contributed by atoms with van der Waals surface area (Å²) < 4.78 is 343. The summed E-state index contributed by atoms with van der Waals surface area (Å²) in [5.41, 5.74) is -27.2. The first kappa shape index (κ1) is 60.5.